The molecule has 0 spiro atoms. The third kappa shape index (κ3) is 3.32. The van der Waals surface area contributed by atoms with Gasteiger partial charge in [-0.3, -0.25) is 0 Å². The van der Waals surface area contributed by atoms with Crippen molar-refractivity contribution in [1.82, 2.24) is 5.32 Å². The molecule has 1 fully saturated rings. The third-order valence-corrected chi connectivity index (χ3v) is 3.79. The van der Waals surface area contributed by atoms with E-state index in [0.717, 1.165) is 12.5 Å². The molecule has 1 nitrogen and oxygen atoms in total. The van der Waals surface area contributed by atoms with Gasteiger partial charge in [0.25, 0.3) is 0 Å². The molecule has 0 radical (unpaired) electrons. The summed E-state index contributed by atoms with van der Waals surface area (Å²) >= 11 is 3.59. The lowest BCUT2D eigenvalue weighted by Gasteiger charge is -2.15. The van der Waals surface area contributed by atoms with E-state index >= 15 is 0 Å². The lowest BCUT2D eigenvalue weighted by Crippen LogP contribution is -2.20. The first-order valence-corrected chi connectivity index (χ1v) is 6.54. The van der Waals surface area contributed by atoms with Crippen LogP contribution < -0.4 is 5.32 Å². The maximum absolute atomic E-state index is 3.59. The fourth-order valence-corrected chi connectivity index (χ4v) is 2.47. The summed E-state index contributed by atoms with van der Waals surface area (Å²) < 4.78 is 1.21. The zero-order chi connectivity index (χ0) is 10.7. The Kier molecular flexibility index (Phi) is 3.81. The lowest BCUT2D eigenvalue weighted by molar-refractivity contribution is 0.538. The van der Waals surface area contributed by atoms with Crippen molar-refractivity contribution in [2.75, 3.05) is 6.54 Å². The van der Waals surface area contributed by atoms with E-state index in [1.54, 1.807) is 0 Å². The molecule has 0 heterocycles. The number of benzene rings is 1. The first-order chi connectivity index (χ1) is 7.27. The quantitative estimate of drug-likeness (QED) is 0.854. The van der Waals surface area contributed by atoms with Crippen LogP contribution in [0.5, 0.6) is 0 Å². The van der Waals surface area contributed by atoms with Crippen LogP contribution in [-0.4, -0.2) is 6.54 Å². The minimum atomic E-state index is 0.444. The molecule has 1 aromatic carbocycles. The Balaban J connectivity index is 1.83. The maximum atomic E-state index is 3.59. The number of hydrogen-bond acceptors (Lipinski definition) is 1. The molecule has 0 aromatic heterocycles. The molecule has 1 aliphatic rings. The van der Waals surface area contributed by atoms with Crippen LogP contribution in [0.4, 0.5) is 0 Å². The molecular weight excluding hydrogens is 250 g/mol. The average molecular weight is 268 g/mol. The molecule has 2 rings (SSSR count). The predicted molar refractivity (Wildman–Crippen MR) is 67.9 cm³/mol. The van der Waals surface area contributed by atoms with Crippen LogP contribution in [0.1, 0.15) is 37.8 Å². The van der Waals surface area contributed by atoms with E-state index in [2.05, 4.69) is 52.4 Å². The number of hydrogen-bond donors (Lipinski definition) is 1. The Hall–Kier alpha value is -0.340. The highest BCUT2D eigenvalue weighted by atomic mass is 79.9. The van der Waals surface area contributed by atoms with Gasteiger partial charge in [0.05, 0.1) is 0 Å². The van der Waals surface area contributed by atoms with Gasteiger partial charge in [0.15, 0.2) is 0 Å². The summed E-state index contributed by atoms with van der Waals surface area (Å²) in [6, 6.07) is 8.89. The Morgan fingerprint density at radius 1 is 1.40 bits per heavy atom. The highest BCUT2D eigenvalue weighted by Crippen LogP contribution is 2.32. The highest BCUT2D eigenvalue weighted by Gasteiger charge is 2.20. The fourth-order valence-electron chi connectivity index (χ4n) is 1.85. The van der Waals surface area contributed by atoms with Crippen molar-refractivity contribution >= 4 is 15.9 Å². The molecule has 1 saturated carbocycles. The number of nitrogens with one attached hydrogen (secondary N) is 1. The molecule has 0 amide bonds. The van der Waals surface area contributed by atoms with Crippen LogP contribution in [0.2, 0.25) is 0 Å². The van der Waals surface area contributed by atoms with E-state index in [9.17, 15) is 0 Å². The van der Waals surface area contributed by atoms with Crippen LogP contribution in [0.25, 0.3) is 0 Å². The van der Waals surface area contributed by atoms with Gasteiger partial charge in [-0.05, 0) is 37.4 Å². The molecule has 1 aliphatic carbocycles. The van der Waals surface area contributed by atoms with Crippen molar-refractivity contribution in [3.05, 3.63) is 34.3 Å². The molecule has 0 bridgehead atoms. The van der Waals surface area contributed by atoms with Gasteiger partial charge in [-0.1, -0.05) is 47.0 Å². The minimum Gasteiger partial charge on any atom is -0.310 e. The van der Waals surface area contributed by atoms with Crippen molar-refractivity contribution in [3.8, 4) is 0 Å². The van der Waals surface area contributed by atoms with Crippen LogP contribution in [-0.2, 0) is 0 Å². The van der Waals surface area contributed by atoms with E-state index in [-0.39, 0.29) is 0 Å². The second-order valence-electron chi connectivity index (χ2n) is 4.43. The Morgan fingerprint density at radius 3 is 2.80 bits per heavy atom. The van der Waals surface area contributed by atoms with Gasteiger partial charge in [0.1, 0.15) is 0 Å². The third-order valence-electron chi connectivity index (χ3n) is 3.07. The predicted octanol–water partition coefficient (Wildman–Crippen LogP) is 3.90. The van der Waals surface area contributed by atoms with E-state index in [0.29, 0.717) is 6.04 Å². The SMILES string of the molecule is CC(NCCC1CC1)c1ccccc1Br. The second kappa shape index (κ2) is 5.13. The summed E-state index contributed by atoms with van der Waals surface area (Å²) in [6.07, 6.45) is 4.24. The van der Waals surface area contributed by atoms with Crippen LogP contribution in [0, 0.1) is 5.92 Å². The van der Waals surface area contributed by atoms with E-state index in [4.69, 9.17) is 0 Å². The van der Waals surface area contributed by atoms with E-state index in [1.165, 1.54) is 29.3 Å². The summed E-state index contributed by atoms with van der Waals surface area (Å²) in [4.78, 5) is 0. The molecule has 1 N–H and O–H groups in total. The normalized spacial score (nSPS) is 17.7. The lowest BCUT2D eigenvalue weighted by atomic mass is 10.1. The van der Waals surface area contributed by atoms with Crippen molar-refractivity contribution in [2.45, 2.75) is 32.2 Å². The van der Waals surface area contributed by atoms with Crippen LogP contribution >= 0.6 is 15.9 Å². The Bertz CT molecular complexity index is 320. The van der Waals surface area contributed by atoms with E-state index in [1.807, 2.05) is 0 Å². The smallest absolute Gasteiger partial charge is 0.0302 e. The first kappa shape index (κ1) is 11.2. The van der Waals surface area contributed by atoms with Gasteiger partial charge in [-0.2, -0.15) is 0 Å². The molecule has 2 heteroatoms. The highest BCUT2D eigenvalue weighted by molar-refractivity contribution is 9.10. The Morgan fingerprint density at radius 2 is 2.13 bits per heavy atom. The Labute approximate surface area is 100 Å². The number of halogens is 1. The fraction of sp³-hybridized carbons (Fsp3) is 0.538. The largest absolute Gasteiger partial charge is 0.310 e. The zero-order valence-electron chi connectivity index (χ0n) is 9.17. The molecule has 0 aliphatic heterocycles. The second-order valence-corrected chi connectivity index (χ2v) is 5.28. The van der Waals surface area contributed by atoms with Gasteiger partial charge < -0.3 is 5.32 Å². The molecule has 82 valence electrons. The summed E-state index contributed by atoms with van der Waals surface area (Å²) in [5.74, 6) is 1.02. The van der Waals surface area contributed by atoms with Crippen molar-refractivity contribution < 1.29 is 0 Å². The topological polar surface area (TPSA) is 12.0 Å². The van der Waals surface area contributed by atoms with Crippen molar-refractivity contribution in [3.63, 3.8) is 0 Å². The number of rotatable bonds is 5. The monoisotopic (exact) mass is 267 g/mol. The van der Waals surface area contributed by atoms with Crippen molar-refractivity contribution in [2.24, 2.45) is 5.92 Å². The molecule has 15 heavy (non-hydrogen) atoms. The summed E-state index contributed by atoms with van der Waals surface area (Å²) in [7, 11) is 0. The zero-order valence-corrected chi connectivity index (χ0v) is 10.8. The van der Waals surface area contributed by atoms with Gasteiger partial charge in [-0.15, -0.1) is 0 Å². The average Bonchev–Trinajstić information content (AvgIpc) is 3.02. The molecular formula is C13H18BrN. The maximum Gasteiger partial charge on any atom is 0.0302 e. The van der Waals surface area contributed by atoms with Crippen molar-refractivity contribution in [1.29, 1.82) is 0 Å². The van der Waals surface area contributed by atoms with Gasteiger partial charge >= 0.3 is 0 Å². The molecule has 0 saturated heterocycles. The summed E-state index contributed by atoms with van der Waals surface area (Å²) in [5, 5.41) is 3.58. The van der Waals surface area contributed by atoms with Gasteiger partial charge in [0.2, 0.25) is 0 Å². The van der Waals surface area contributed by atoms with Gasteiger partial charge in [-0.25, -0.2) is 0 Å². The molecule has 1 unspecified atom stereocenters. The van der Waals surface area contributed by atoms with Crippen LogP contribution in [0.15, 0.2) is 28.7 Å². The summed E-state index contributed by atoms with van der Waals surface area (Å²) in [6.45, 7) is 3.38. The summed E-state index contributed by atoms with van der Waals surface area (Å²) in [5.41, 5.74) is 1.35. The first-order valence-electron chi connectivity index (χ1n) is 5.75. The standard InChI is InChI=1S/C13H18BrN/c1-10(15-9-8-11-6-7-11)12-4-2-3-5-13(12)14/h2-5,10-11,15H,6-9H2,1H3. The van der Waals surface area contributed by atoms with Crippen LogP contribution in [0.3, 0.4) is 0 Å². The molecule has 1 aromatic rings. The minimum absolute atomic E-state index is 0.444. The molecule has 1 atom stereocenters. The van der Waals surface area contributed by atoms with E-state index < -0.39 is 0 Å². The van der Waals surface area contributed by atoms with Gasteiger partial charge in [0, 0.05) is 10.5 Å².